The van der Waals surface area contributed by atoms with E-state index < -0.39 is 24.2 Å². The molecule has 0 unspecified atom stereocenters. The smallest absolute Gasteiger partial charge is 0.342 e. The van der Waals surface area contributed by atoms with Gasteiger partial charge in [-0.05, 0) is 30.3 Å². The Balaban J connectivity index is 2.15. The number of rotatable bonds is 7. The van der Waals surface area contributed by atoms with E-state index in [0.29, 0.717) is 5.75 Å². The monoisotopic (exact) mass is 348 g/mol. The average molecular weight is 348 g/mol. The normalized spacial score (nSPS) is 10.1. The van der Waals surface area contributed by atoms with E-state index in [1.54, 1.807) is 12.1 Å². The van der Waals surface area contributed by atoms with E-state index in [1.165, 1.54) is 39.5 Å². The van der Waals surface area contributed by atoms with Crippen LogP contribution in [0.4, 0.5) is 4.39 Å². The van der Waals surface area contributed by atoms with Crippen LogP contribution in [0.15, 0.2) is 36.4 Å². The molecule has 0 aliphatic carbocycles. The zero-order chi connectivity index (χ0) is 18.4. The van der Waals surface area contributed by atoms with Crippen molar-refractivity contribution in [3.8, 4) is 17.2 Å². The van der Waals surface area contributed by atoms with Crippen molar-refractivity contribution in [3.05, 3.63) is 53.3 Å². The number of hydrogen-bond donors (Lipinski definition) is 0. The van der Waals surface area contributed by atoms with Gasteiger partial charge in [-0.2, -0.15) is 0 Å². The molecule has 0 aromatic heterocycles. The highest BCUT2D eigenvalue weighted by Crippen LogP contribution is 2.31. The molecule has 0 radical (unpaired) electrons. The molecule has 0 aliphatic rings. The van der Waals surface area contributed by atoms with Crippen molar-refractivity contribution < 1.29 is 32.9 Å². The lowest BCUT2D eigenvalue weighted by atomic mass is 10.1. The summed E-state index contributed by atoms with van der Waals surface area (Å²) < 4.78 is 33.6. The standard InChI is InChI=1S/C18H17FO6/c1-22-15-8-7-11(19)9-13(15)14(20)10-25-18(21)12-5-4-6-16(23-2)17(12)24-3/h4-9H,10H2,1-3H3. The maximum absolute atomic E-state index is 13.3. The van der Waals surface area contributed by atoms with Crippen molar-refractivity contribution in [2.45, 2.75) is 0 Å². The molecule has 0 heterocycles. The van der Waals surface area contributed by atoms with Gasteiger partial charge in [0.05, 0.1) is 26.9 Å². The summed E-state index contributed by atoms with van der Waals surface area (Å²) in [4.78, 5) is 24.4. The predicted molar refractivity (Wildman–Crippen MR) is 87.1 cm³/mol. The highest BCUT2D eigenvalue weighted by molar-refractivity contribution is 6.02. The van der Waals surface area contributed by atoms with Crippen molar-refractivity contribution >= 4 is 11.8 Å². The van der Waals surface area contributed by atoms with Crippen LogP contribution in [-0.2, 0) is 4.74 Å². The molecule has 0 bridgehead atoms. The number of ketones is 1. The van der Waals surface area contributed by atoms with Crippen molar-refractivity contribution in [1.29, 1.82) is 0 Å². The van der Waals surface area contributed by atoms with Crippen molar-refractivity contribution in [1.82, 2.24) is 0 Å². The average Bonchev–Trinajstić information content (AvgIpc) is 2.64. The topological polar surface area (TPSA) is 71.1 Å². The van der Waals surface area contributed by atoms with Crippen LogP contribution >= 0.6 is 0 Å². The van der Waals surface area contributed by atoms with Gasteiger partial charge in [-0.25, -0.2) is 9.18 Å². The first-order valence-electron chi connectivity index (χ1n) is 7.26. The summed E-state index contributed by atoms with van der Waals surface area (Å²) in [6, 6.07) is 8.23. The number of methoxy groups -OCH3 is 3. The molecule has 0 saturated heterocycles. The summed E-state index contributed by atoms with van der Waals surface area (Å²) in [5.74, 6) is -1.20. The largest absolute Gasteiger partial charge is 0.496 e. The van der Waals surface area contributed by atoms with Crippen LogP contribution in [0.25, 0.3) is 0 Å². The van der Waals surface area contributed by atoms with E-state index in [4.69, 9.17) is 18.9 Å². The highest BCUT2D eigenvalue weighted by atomic mass is 19.1. The van der Waals surface area contributed by atoms with Crippen LogP contribution < -0.4 is 14.2 Å². The number of Topliss-reactive ketones (excluding diaryl/α,β-unsaturated/α-hetero) is 1. The quantitative estimate of drug-likeness (QED) is 0.566. The lowest BCUT2D eigenvalue weighted by Gasteiger charge is -2.12. The molecule has 0 saturated carbocycles. The fourth-order valence-corrected chi connectivity index (χ4v) is 2.23. The minimum absolute atomic E-state index is 0.00657. The fourth-order valence-electron chi connectivity index (χ4n) is 2.23. The van der Waals surface area contributed by atoms with Crippen LogP contribution in [0.5, 0.6) is 17.2 Å². The summed E-state index contributed by atoms with van der Waals surface area (Å²) in [7, 11) is 4.18. The molecule has 132 valence electrons. The Morgan fingerprint density at radius 1 is 0.920 bits per heavy atom. The van der Waals surface area contributed by atoms with Gasteiger partial charge in [-0.15, -0.1) is 0 Å². The zero-order valence-corrected chi connectivity index (χ0v) is 14.0. The summed E-state index contributed by atoms with van der Waals surface area (Å²) in [6.07, 6.45) is 0. The molecular formula is C18H17FO6. The Bertz CT molecular complexity index is 787. The van der Waals surface area contributed by atoms with E-state index in [-0.39, 0.29) is 22.6 Å². The number of esters is 1. The molecular weight excluding hydrogens is 331 g/mol. The third kappa shape index (κ3) is 4.06. The summed E-state index contributed by atoms with van der Waals surface area (Å²) in [6.45, 7) is -0.570. The number of hydrogen-bond acceptors (Lipinski definition) is 6. The number of carbonyl (C=O) groups excluding carboxylic acids is 2. The zero-order valence-electron chi connectivity index (χ0n) is 14.0. The molecule has 7 heteroatoms. The number of para-hydroxylation sites is 1. The Hall–Kier alpha value is -3.09. The molecule has 0 atom stereocenters. The van der Waals surface area contributed by atoms with Crippen LogP contribution in [0.2, 0.25) is 0 Å². The second-order valence-corrected chi connectivity index (χ2v) is 4.88. The molecule has 25 heavy (non-hydrogen) atoms. The molecule has 2 rings (SSSR count). The van der Waals surface area contributed by atoms with Crippen LogP contribution in [0.1, 0.15) is 20.7 Å². The Morgan fingerprint density at radius 2 is 1.64 bits per heavy atom. The third-order valence-electron chi connectivity index (χ3n) is 3.42. The number of benzene rings is 2. The van der Waals surface area contributed by atoms with Gasteiger partial charge in [0.1, 0.15) is 17.1 Å². The van der Waals surface area contributed by atoms with Gasteiger partial charge in [0.25, 0.3) is 0 Å². The maximum atomic E-state index is 13.3. The molecule has 0 amide bonds. The fraction of sp³-hybridized carbons (Fsp3) is 0.222. The number of halogens is 1. The molecule has 0 fully saturated rings. The first-order valence-corrected chi connectivity index (χ1v) is 7.26. The first-order chi connectivity index (χ1) is 12.0. The summed E-state index contributed by atoms with van der Waals surface area (Å²) in [5, 5.41) is 0. The number of ether oxygens (including phenoxy) is 4. The minimum Gasteiger partial charge on any atom is -0.496 e. The van der Waals surface area contributed by atoms with E-state index in [9.17, 15) is 14.0 Å². The van der Waals surface area contributed by atoms with Gasteiger partial charge in [-0.1, -0.05) is 6.07 Å². The van der Waals surface area contributed by atoms with Crippen LogP contribution in [-0.4, -0.2) is 39.7 Å². The lowest BCUT2D eigenvalue weighted by Crippen LogP contribution is -2.16. The van der Waals surface area contributed by atoms with E-state index in [2.05, 4.69) is 0 Å². The number of carbonyl (C=O) groups is 2. The van der Waals surface area contributed by atoms with Gasteiger partial charge >= 0.3 is 5.97 Å². The molecule has 0 spiro atoms. The Morgan fingerprint density at radius 3 is 2.28 bits per heavy atom. The SMILES string of the molecule is COc1ccc(F)cc1C(=O)COC(=O)c1cccc(OC)c1OC. The van der Waals surface area contributed by atoms with Crippen LogP contribution in [0, 0.1) is 5.82 Å². The molecule has 2 aromatic carbocycles. The van der Waals surface area contributed by atoms with Gasteiger partial charge < -0.3 is 18.9 Å². The predicted octanol–water partition coefficient (Wildman–Crippen LogP) is 2.89. The molecule has 2 aromatic rings. The maximum Gasteiger partial charge on any atom is 0.342 e. The van der Waals surface area contributed by atoms with E-state index in [1.807, 2.05) is 0 Å². The van der Waals surface area contributed by atoms with Crippen molar-refractivity contribution in [2.24, 2.45) is 0 Å². The van der Waals surface area contributed by atoms with Gasteiger partial charge in [0.2, 0.25) is 5.78 Å². The lowest BCUT2D eigenvalue weighted by molar-refractivity contribution is 0.0470. The van der Waals surface area contributed by atoms with Crippen molar-refractivity contribution in [2.75, 3.05) is 27.9 Å². The van der Waals surface area contributed by atoms with E-state index in [0.717, 1.165) is 6.07 Å². The van der Waals surface area contributed by atoms with Gasteiger partial charge in [0, 0.05) is 0 Å². The molecule has 6 nitrogen and oxygen atoms in total. The van der Waals surface area contributed by atoms with Gasteiger partial charge in [-0.3, -0.25) is 4.79 Å². The highest BCUT2D eigenvalue weighted by Gasteiger charge is 2.20. The van der Waals surface area contributed by atoms with Crippen molar-refractivity contribution in [3.63, 3.8) is 0 Å². The molecule has 0 N–H and O–H groups in total. The Labute approximate surface area is 144 Å². The second-order valence-electron chi connectivity index (χ2n) is 4.88. The summed E-state index contributed by atoms with van der Waals surface area (Å²) >= 11 is 0. The van der Waals surface area contributed by atoms with Gasteiger partial charge in [0.15, 0.2) is 18.1 Å². The second kappa shape index (κ2) is 8.14. The minimum atomic E-state index is -0.764. The van der Waals surface area contributed by atoms with E-state index >= 15 is 0 Å². The van der Waals surface area contributed by atoms with Crippen LogP contribution in [0.3, 0.4) is 0 Å². The summed E-state index contributed by atoms with van der Waals surface area (Å²) in [5.41, 5.74) is 0.105. The molecule has 0 aliphatic heterocycles. The third-order valence-corrected chi connectivity index (χ3v) is 3.42. The first kappa shape index (κ1) is 18.3. The Kier molecular flexibility index (Phi) is 5.94.